The number of aromatic nitrogens is 1. The summed E-state index contributed by atoms with van der Waals surface area (Å²) in [6.07, 6.45) is 5.69. The number of amides is 2. The van der Waals surface area contributed by atoms with Gasteiger partial charge < -0.3 is 0 Å². The summed E-state index contributed by atoms with van der Waals surface area (Å²) in [5.41, 5.74) is 5.53. The second-order valence-corrected chi connectivity index (χ2v) is 4.39. The van der Waals surface area contributed by atoms with Crippen molar-refractivity contribution in [2.24, 2.45) is 5.10 Å². The molecule has 2 amide bonds. The van der Waals surface area contributed by atoms with Crippen LogP contribution < -0.4 is 10.9 Å². The Bertz CT molecular complexity index is 742. The Hall–Kier alpha value is -3.32. The van der Waals surface area contributed by atoms with E-state index in [9.17, 15) is 9.59 Å². The zero-order valence-corrected chi connectivity index (χ0v) is 12.0. The summed E-state index contributed by atoms with van der Waals surface area (Å²) in [6.45, 7) is 0. The van der Waals surface area contributed by atoms with E-state index in [4.69, 9.17) is 5.21 Å². The molecule has 7 nitrogen and oxygen atoms in total. The molecule has 0 spiro atoms. The average molecular weight is 310 g/mol. The second kappa shape index (κ2) is 8.20. The van der Waals surface area contributed by atoms with Crippen LogP contribution in [0.1, 0.15) is 21.6 Å². The van der Waals surface area contributed by atoms with Gasteiger partial charge in [-0.05, 0) is 35.9 Å². The van der Waals surface area contributed by atoms with E-state index in [0.29, 0.717) is 16.8 Å². The van der Waals surface area contributed by atoms with Crippen molar-refractivity contribution in [1.82, 2.24) is 15.9 Å². The molecule has 0 fully saturated rings. The predicted octanol–water partition coefficient (Wildman–Crippen LogP) is 1.36. The van der Waals surface area contributed by atoms with Crippen molar-refractivity contribution >= 4 is 24.1 Å². The fourth-order valence-corrected chi connectivity index (χ4v) is 1.67. The number of benzene rings is 1. The first-order valence-electron chi connectivity index (χ1n) is 6.65. The van der Waals surface area contributed by atoms with Gasteiger partial charge in [0.1, 0.15) is 0 Å². The number of hydrogen-bond donors (Lipinski definition) is 3. The van der Waals surface area contributed by atoms with Crippen LogP contribution in [0.4, 0.5) is 0 Å². The quantitative estimate of drug-likeness (QED) is 0.336. The van der Waals surface area contributed by atoms with Crippen LogP contribution in [0.5, 0.6) is 0 Å². The maximum absolute atomic E-state index is 12.0. The zero-order valence-electron chi connectivity index (χ0n) is 12.0. The molecule has 0 bridgehead atoms. The first kappa shape index (κ1) is 16.1. The van der Waals surface area contributed by atoms with Crippen molar-refractivity contribution in [3.05, 3.63) is 71.6 Å². The lowest BCUT2D eigenvalue weighted by molar-refractivity contribution is -0.124. The highest BCUT2D eigenvalue weighted by Crippen LogP contribution is 2.07. The Balaban J connectivity index is 2.01. The number of hydroxylamine groups is 1. The van der Waals surface area contributed by atoms with Gasteiger partial charge >= 0.3 is 0 Å². The van der Waals surface area contributed by atoms with E-state index in [0.717, 1.165) is 6.08 Å². The van der Waals surface area contributed by atoms with E-state index in [1.807, 2.05) is 6.07 Å². The summed E-state index contributed by atoms with van der Waals surface area (Å²) in [7, 11) is 0. The molecule has 116 valence electrons. The molecule has 0 saturated heterocycles. The average Bonchev–Trinajstić information content (AvgIpc) is 2.60. The standard InChI is InChI=1S/C16H14N4O3/c21-15(20-23)8-7-12-4-3-5-13(10-12)16(22)19-18-11-14-6-1-2-9-17-14/h1-11,23H,(H,19,22)(H,20,21)/b8-7+,18-11+. The minimum Gasteiger partial charge on any atom is -0.288 e. The van der Waals surface area contributed by atoms with Crippen LogP contribution in [0.3, 0.4) is 0 Å². The Morgan fingerprint density at radius 2 is 2.04 bits per heavy atom. The minimum atomic E-state index is -0.653. The normalized spacial score (nSPS) is 10.8. The number of hydrogen-bond acceptors (Lipinski definition) is 5. The van der Waals surface area contributed by atoms with Gasteiger partial charge in [-0.2, -0.15) is 5.10 Å². The van der Waals surface area contributed by atoms with Gasteiger partial charge in [-0.1, -0.05) is 18.2 Å². The van der Waals surface area contributed by atoms with Crippen molar-refractivity contribution in [1.29, 1.82) is 0 Å². The lowest BCUT2D eigenvalue weighted by Crippen LogP contribution is -2.17. The van der Waals surface area contributed by atoms with Crippen LogP contribution in [0.2, 0.25) is 0 Å². The molecule has 23 heavy (non-hydrogen) atoms. The van der Waals surface area contributed by atoms with E-state index in [-0.39, 0.29) is 5.91 Å². The number of hydrazone groups is 1. The summed E-state index contributed by atoms with van der Waals surface area (Å²) in [5, 5.41) is 12.2. The predicted molar refractivity (Wildman–Crippen MR) is 84.7 cm³/mol. The summed E-state index contributed by atoms with van der Waals surface area (Å²) in [4.78, 5) is 27.0. The smallest absolute Gasteiger partial charge is 0.271 e. The number of pyridine rings is 1. The number of carbonyl (C=O) groups excluding carboxylic acids is 2. The van der Waals surface area contributed by atoms with E-state index < -0.39 is 5.91 Å². The van der Waals surface area contributed by atoms with Crippen molar-refractivity contribution in [2.45, 2.75) is 0 Å². The van der Waals surface area contributed by atoms with Crippen LogP contribution in [-0.2, 0) is 4.79 Å². The molecule has 0 aliphatic heterocycles. The van der Waals surface area contributed by atoms with Gasteiger partial charge in [0.15, 0.2) is 0 Å². The highest BCUT2D eigenvalue weighted by Gasteiger charge is 2.04. The van der Waals surface area contributed by atoms with Crippen molar-refractivity contribution in [3.63, 3.8) is 0 Å². The fourth-order valence-electron chi connectivity index (χ4n) is 1.67. The Morgan fingerprint density at radius 3 is 2.78 bits per heavy atom. The first-order chi connectivity index (χ1) is 11.2. The van der Waals surface area contributed by atoms with Gasteiger partial charge in [0.2, 0.25) is 0 Å². The maximum atomic E-state index is 12.0. The largest absolute Gasteiger partial charge is 0.288 e. The molecular weight excluding hydrogens is 296 g/mol. The lowest BCUT2D eigenvalue weighted by Gasteiger charge is -2.01. The topological polar surface area (TPSA) is 104 Å². The highest BCUT2D eigenvalue weighted by atomic mass is 16.5. The van der Waals surface area contributed by atoms with Crippen molar-refractivity contribution in [3.8, 4) is 0 Å². The maximum Gasteiger partial charge on any atom is 0.271 e. The Morgan fingerprint density at radius 1 is 1.17 bits per heavy atom. The van der Waals surface area contributed by atoms with Crippen LogP contribution in [0.15, 0.2) is 59.8 Å². The van der Waals surface area contributed by atoms with Gasteiger partial charge in [0.05, 0.1) is 11.9 Å². The molecule has 1 heterocycles. The van der Waals surface area contributed by atoms with Crippen LogP contribution in [0.25, 0.3) is 6.08 Å². The van der Waals surface area contributed by atoms with Crippen molar-refractivity contribution in [2.75, 3.05) is 0 Å². The van der Waals surface area contributed by atoms with Gasteiger partial charge in [0.25, 0.3) is 11.8 Å². The highest BCUT2D eigenvalue weighted by molar-refractivity contribution is 5.96. The Labute approximate surface area is 132 Å². The second-order valence-electron chi connectivity index (χ2n) is 4.39. The summed E-state index contributed by atoms with van der Waals surface area (Å²) in [6, 6.07) is 12.0. The zero-order chi connectivity index (χ0) is 16.5. The monoisotopic (exact) mass is 310 g/mol. The van der Waals surface area contributed by atoms with E-state index in [2.05, 4.69) is 15.5 Å². The van der Waals surface area contributed by atoms with Crippen LogP contribution >= 0.6 is 0 Å². The lowest BCUT2D eigenvalue weighted by atomic mass is 10.1. The van der Waals surface area contributed by atoms with E-state index >= 15 is 0 Å². The molecule has 7 heteroatoms. The number of carbonyl (C=O) groups is 2. The molecule has 2 rings (SSSR count). The fraction of sp³-hybridized carbons (Fsp3) is 0. The molecule has 3 N–H and O–H groups in total. The third kappa shape index (κ3) is 5.18. The molecule has 2 aromatic rings. The molecule has 0 atom stereocenters. The number of nitrogens with zero attached hydrogens (tertiary/aromatic N) is 2. The van der Waals surface area contributed by atoms with Gasteiger partial charge in [0, 0.05) is 17.8 Å². The van der Waals surface area contributed by atoms with Gasteiger partial charge in [-0.15, -0.1) is 0 Å². The number of rotatable bonds is 5. The molecular formula is C16H14N4O3. The molecule has 1 aromatic carbocycles. The molecule has 1 aromatic heterocycles. The summed E-state index contributed by atoms with van der Waals surface area (Å²) < 4.78 is 0. The van der Waals surface area contributed by atoms with Gasteiger partial charge in [-0.25, -0.2) is 10.9 Å². The Kier molecular flexibility index (Phi) is 5.73. The molecule has 0 aliphatic carbocycles. The number of nitrogens with one attached hydrogen (secondary N) is 2. The van der Waals surface area contributed by atoms with Crippen LogP contribution in [-0.4, -0.2) is 28.2 Å². The third-order valence-corrected chi connectivity index (χ3v) is 2.74. The SMILES string of the molecule is O=C(/C=C/c1cccc(C(=O)N/N=C/c2ccccn2)c1)NO. The molecule has 0 aliphatic rings. The summed E-state index contributed by atoms with van der Waals surface area (Å²) >= 11 is 0. The molecule has 0 unspecified atom stereocenters. The van der Waals surface area contributed by atoms with Crippen molar-refractivity contribution < 1.29 is 14.8 Å². The van der Waals surface area contributed by atoms with Crippen LogP contribution in [0, 0.1) is 0 Å². The van der Waals surface area contributed by atoms with Gasteiger partial charge in [-0.3, -0.25) is 19.8 Å². The third-order valence-electron chi connectivity index (χ3n) is 2.74. The first-order valence-corrected chi connectivity index (χ1v) is 6.65. The van der Waals surface area contributed by atoms with E-state index in [1.165, 1.54) is 17.8 Å². The molecule has 0 radical (unpaired) electrons. The summed E-state index contributed by atoms with van der Waals surface area (Å²) in [5.74, 6) is -1.04. The minimum absolute atomic E-state index is 0.384. The van der Waals surface area contributed by atoms with E-state index in [1.54, 1.807) is 42.6 Å². The molecule has 0 saturated carbocycles.